The lowest BCUT2D eigenvalue weighted by Crippen LogP contribution is -2.46. The summed E-state index contributed by atoms with van der Waals surface area (Å²) in [7, 11) is 1.59. The maximum Gasteiger partial charge on any atom is 0.294 e. The van der Waals surface area contributed by atoms with Crippen LogP contribution < -0.4 is 19.7 Å². The topological polar surface area (TPSA) is 86.3 Å². The van der Waals surface area contributed by atoms with Gasteiger partial charge in [-0.3, -0.25) is 14.5 Å². The van der Waals surface area contributed by atoms with Gasteiger partial charge in [0.25, 0.3) is 5.91 Å². The van der Waals surface area contributed by atoms with Crippen molar-refractivity contribution in [2.75, 3.05) is 38.3 Å². The van der Waals surface area contributed by atoms with Gasteiger partial charge in [0, 0.05) is 13.2 Å². The van der Waals surface area contributed by atoms with Gasteiger partial charge in [0.15, 0.2) is 17.8 Å². The molecule has 0 spiro atoms. The van der Waals surface area contributed by atoms with E-state index in [1.54, 1.807) is 43.5 Å². The molecule has 0 unspecified atom stereocenters. The lowest BCUT2D eigenvalue weighted by Gasteiger charge is -2.30. The molecule has 8 nitrogen and oxygen atoms in total. The van der Waals surface area contributed by atoms with Crippen molar-refractivity contribution in [2.45, 2.75) is 20.1 Å². The molecule has 1 aliphatic heterocycles. The molecule has 3 rings (SSSR count). The van der Waals surface area contributed by atoms with Gasteiger partial charge in [0.05, 0.1) is 19.3 Å². The van der Waals surface area contributed by atoms with Crippen molar-refractivity contribution >= 4 is 23.6 Å². The van der Waals surface area contributed by atoms with E-state index < -0.39 is 12.2 Å². The minimum absolute atomic E-state index is 0.128. The first-order valence-electron chi connectivity index (χ1n) is 10.5. The first-order chi connectivity index (χ1) is 15.5. The number of para-hydroxylation sites is 2. The highest BCUT2D eigenvalue weighted by molar-refractivity contribution is 6.12. The van der Waals surface area contributed by atoms with E-state index in [2.05, 4.69) is 5.32 Å². The lowest BCUT2D eigenvalue weighted by molar-refractivity contribution is -0.140. The molecular formula is C24H28N2O6. The Morgan fingerprint density at radius 3 is 2.44 bits per heavy atom. The van der Waals surface area contributed by atoms with Crippen LogP contribution in [0.5, 0.6) is 11.5 Å². The van der Waals surface area contributed by atoms with Crippen molar-refractivity contribution in [3.8, 4) is 11.5 Å². The summed E-state index contributed by atoms with van der Waals surface area (Å²) in [6, 6.07) is 14.3. The first kappa shape index (κ1) is 23.3. The summed E-state index contributed by atoms with van der Waals surface area (Å²) in [6.07, 6.45) is 1.11. The van der Waals surface area contributed by atoms with Gasteiger partial charge in [-0.25, -0.2) is 0 Å². The molecule has 2 aromatic carbocycles. The van der Waals surface area contributed by atoms with E-state index >= 15 is 0 Å². The summed E-state index contributed by atoms with van der Waals surface area (Å²) in [4.78, 5) is 27.2. The number of carbonyl (C=O) groups is 2. The molecule has 0 bridgehead atoms. The number of carbonyl (C=O) groups excluding carboxylic acids is 2. The summed E-state index contributed by atoms with van der Waals surface area (Å²) < 4.78 is 21.9. The van der Waals surface area contributed by atoms with Gasteiger partial charge in [0.2, 0.25) is 5.91 Å². The molecule has 1 heterocycles. The number of nitrogens with one attached hydrogen (secondary N) is 1. The van der Waals surface area contributed by atoms with Crippen molar-refractivity contribution in [3.05, 3.63) is 59.9 Å². The zero-order valence-corrected chi connectivity index (χ0v) is 18.5. The molecule has 32 heavy (non-hydrogen) atoms. The zero-order valence-electron chi connectivity index (χ0n) is 18.5. The molecule has 0 aliphatic carbocycles. The lowest BCUT2D eigenvalue weighted by atomic mass is 10.1. The summed E-state index contributed by atoms with van der Waals surface area (Å²) in [5.74, 6) is 0.609. The van der Waals surface area contributed by atoms with Crippen molar-refractivity contribution in [3.63, 3.8) is 0 Å². The van der Waals surface area contributed by atoms with Gasteiger partial charge < -0.3 is 24.3 Å². The largest absolute Gasteiger partial charge is 0.497 e. The van der Waals surface area contributed by atoms with E-state index in [1.807, 2.05) is 32.0 Å². The van der Waals surface area contributed by atoms with Crippen LogP contribution in [0.1, 0.15) is 19.4 Å². The fourth-order valence-corrected chi connectivity index (χ4v) is 3.21. The average Bonchev–Trinajstić information content (AvgIpc) is 2.81. The fourth-order valence-electron chi connectivity index (χ4n) is 3.21. The number of hydrogen-bond acceptors (Lipinski definition) is 6. The molecule has 0 atom stereocenters. The molecule has 1 N–H and O–H groups in total. The Balaban J connectivity index is 1.77. The fraction of sp³-hybridized carbons (Fsp3) is 0.333. The van der Waals surface area contributed by atoms with Crippen LogP contribution in [0.15, 0.2) is 54.3 Å². The Bertz CT molecular complexity index is 951. The van der Waals surface area contributed by atoms with Crippen LogP contribution in [0, 0.1) is 0 Å². The highest BCUT2D eigenvalue weighted by atomic mass is 16.7. The monoisotopic (exact) mass is 440 g/mol. The van der Waals surface area contributed by atoms with Crippen molar-refractivity contribution in [1.82, 2.24) is 5.32 Å². The van der Waals surface area contributed by atoms with Crippen LogP contribution in [0.3, 0.4) is 0 Å². The molecule has 0 saturated carbocycles. The maximum atomic E-state index is 13.2. The highest BCUT2D eigenvalue weighted by Gasteiger charge is 2.31. The molecule has 0 aromatic heterocycles. The van der Waals surface area contributed by atoms with E-state index in [0.717, 1.165) is 5.56 Å². The van der Waals surface area contributed by atoms with Crippen LogP contribution in [0.2, 0.25) is 0 Å². The summed E-state index contributed by atoms with van der Waals surface area (Å²) in [6.45, 7) is 4.67. The maximum absolute atomic E-state index is 13.2. The Hall–Kier alpha value is -3.36. The van der Waals surface area contributed by atoms with E-state index in [0.29, 0.717) is 30.4 Å². The second-order valence-electron chi connectivity index (χ2n) is 6.89. The molecule has 8 heteroatoms. The highest BCUT2D eigenvalue weighted by Crippen LogP contribution is 2.35. The minimum atomic E-state index is -0.535. The zero-order chi connectivity index (χ0) is 22.9. The van der Waals surface area contributed by atoms with Crippen LogP contribution in [0.4, 0.5) is 5.69 Å². The number of methoxy groups -OCH3 is 1. The number of benzene rings is 2. The SMILES string of the molecule is CCOC(CNC(=O)CN1C(=O)C(=Cc2ccc(OC)cc2)Oc2ccccc21)OCC. The molecule has 0 fully saturated rings. The third-order valence-corrected chi connectivity index (χ3v) is 4.72. The van der Waals surface area contributed by atoms with Crippen molar-refractivity contribution in [2.24, 2.45) is 0 Å². The van der Waals surface area contributed by atoms with Gasteiger partial charge in [-0.15, -0.1) is 0 Å². The van der Waals surface area contributed by atoms with Crippen LogP contribution in [0.25, 0.3) is 6.08 Å². The predicted octanol–water partition coefficient (Wildman–Crippen LogP) is 2.98. The molecule has 2 amide bonds. The van der Waals surface area contributed by atoms with Crippen LogP contribution >= 0.6 is 0 Å². The van der Waals surface area contributed by atoms with Gasteiger partial charge in [0.1, 0.15) is 12.3 Å². The van der Waals surface area contributed by atoms with Gasteiger partial charge in [-0.05, 0) is 49.8 Å². The minimum Gasteiger partial charge on any atom is -0.497 e. The molecule has 2 aromatic rings. The Morgan fingerprint density at radius 2 is 1.78 bits per heavy atom. The van der Waals surface area contributed by atoms with Crippen molar-refractivity contribution in [1.29, 1.82) is 0 Å². The Morgan fingerprint density at radius 1 is 1.09 bits per heavy atom. The molecule has 170 valence electrons. The third kappa shape index (κ3) is 5.87. The predicted molar refractivity (Wildman–Crippen MR) is 120 cm³/mol. The molecule has 1 aliphatic rings. The number of hydrogen-bond donors (Lipinski definition) is 1. The molecular weight excluding hydrogens is 412 g/mol. The summed E-state index contributed by atoms with van der Waals surface area (Å²) >= 11 is 0. The Labute approximate surface area is 187 Å². The second kappa shape index (κ2) is 11.3. The van der Waals surface area contributed by atoms with Gasteiger partial charge in [-0.1, -0.05) is 24.3 Å². The first-order valence-corrected chi connectivity index (χ1v) is 10.5. The van der Waals surface area contributed by atoms with Gasteiger partial charge >= 0.3 is 0 Å². The number of nitrogens with zero attached hydrogens (tertiary/aromatic N) is 1. The van der Waals surface area contributed by atoms with Crippen LogP contribution in [-0.2, 0) is 19.1 Å². The van der Waals surface area contributed by atoms with E-state index in [-0.39, 0.29) is 24.8 Å². The average molecular weight is 440 g/mol. The second-order valence-corrected chi connectivity index (χ2v) is 6.89. The summed E-state index contributed by atoms with van der Waals surface area (Å²) in [5.41, 5.74) is 1.31. The quantitative estimate of drug-likeness (QED) is 0.452. The third-order valence-electron chi connectivity index (χ3n) is 4.72. The smallest absolute Gasteiger partial charge is 0.294 e. The van der Waals surface area contributed by atoms with E-state index in [4.69, 9.17) is 18.9 Å². The number of anilines is 1. The van der Waals surface area contributed by atoms with Crippen molar-refractivity contribution < 1.29 is 28.5 Å². The normalized spacial score (nSPS) is 14.3. The Kier molecular flexibility index (Phi) is 8.24. The molecule has 0 saturated heterocycles. The van der Waals surface area contributed by atoms with Crippen LogP contribution in [-0.4, -0.2) is 51.5 Å². The number of amides is 2. The van der Waals surface area contributed by atoms with Gasteiger partial charge in [-0.2, -0.15) is 0 Å². The number of ether oxygens (including phenoxy) is 4. The summed E-state index contributed by atoms with van der Waals surface area (Å²) in [5, 5.41) is 2.77. The van der Waals surface area contributed by atoms with E-state index in [1.165, 1.54) is 4.90 Å². The van der Waals surface area contributed by atoms with E-state index in [9.17, 15) is 9.59 Å². The standard InChI is InChI=1S/C24H28N2O6/c1-4-30-23(31-5-2)15-25-22(27)16-26-19-8-6-7-9-20(19)32-21(24(26)28)14-17-10-12-18(29-3)13-11-17/h6-14,23H,4-5,15-16H2,1-3H3,(H,25,27). The number of fused-ring (bicyclic) bond motifs is 1. The number of rotatable bonds is 10. The molecule has 0 radical (unpaired) electrons.